The number of aromatic nitrogens is 2. The Balaban J connectivity index is 2.40. The van der Waals surface area contributed by atoms with Crippen LogP contribution in [0.1, 0.15) is 12.5 Å². The van der Waals surface area contributed by atoms with Gasteiger partial charge in [0.25, 0.3) is 0 Å². The molecule has 0 bridgehead atoms. The van der Waals surface area contributed by atoms with Crippen molar-refractivity contribution in [3.05, 3.63) is 53.5 Å². The largest absolute Gasteiger partial charge is 0.478 e. The number of carboxylic acids is 1. The van der Waals surface area contributed by atoms with Gasteiger partial charge in [-0.25, -0.2) is 14.8 Å². The summed E-state index contributed by atoms with van der Waals surface area (Å²) in [6.07, 6.45) is 2.78. The van der Waals surface area contributed by atoms with Crippen LogP contribution in [0.4, 0.5) is 0 Å². The van der Waals surface area contributed by atoms with Gasteiger partial charge in [0.15, 0.2) is 0 Å². The van der Waals surface area contributed by atoms with Crippen molar-refractivity contribution in [2.45, 2.75) is 6.92 Å². The molecule has 0 saturated carbocycles. The van der Waals surface area contributed by atoms with Crippen LogP contribution in [0.25, 0.3) is 5.57 Å². The molecule has 0 amide bonds. The van der Waals surface area contributed by atoms with E-state index in [0.717, 1.165) is 0 Å². The summed E-state index contributed by atoms with van der Waals surface area (Å²) >= 11 is 5.75. The minimum atomic E-state index is -1.02. The van der Waals surface area contributed by atoms with Gasteiger partial charge in [-0.1, -0.05) is 35.9 Å². The molecule has 20 heavy (non-hydrogen) atoms. The second-order valence-corrected chi connectivity index (χ2v) is 4.17. The van der Waals surface area contributed by atoms with Crippen LogP contribution in [0.3, 0.4) is 0 Å². The molecule has 1 heterocycles. The molecular formula is C14H11ClN2O3. The second kappa shape index (κ2) is 6.16. The van der Waals surface area contributed by atoms with E-state index in [1.807, 2.05) is 0 Å². The van der Waals surface area contributed by atoms with Crippen LogP contribution in [0.5, 0.6) is 11.6 Å². The highest BCUT2D eigenvalue weighted by Crippen LogP contribution is 2.29. The molecule has 2 aromatic rings. The predicted molar refractivity (Wildman–Crippen MR) is 74.8 cm³/mol. The fraction of sp³-hybridized carbons (Fsp3) is 0.0714. The van der Waals surface area contributed by atoms with Crippen molar-refractivity contribution in [1.29, 1.82) is 0 Å². The smallest absolute Gasteiger partial charge is 0.336 e. The van der Waals surface area contributed by atoms with E-state index in [-0.39, 0.29) is 16.6 Å². The number of ether oxygens (including phenoxy) is 1. The van der Waals surface area contributed by atoms with Gasteiger partial charge in [-0.05, 0) is 13.0 Å². The molecule has 0 radical (unpaired) electrons. The van der Waals surface area contributed by atoms with E-state index in [1.165, 1.54) is 18.5 Å². The van der Waals surface area contributed by atoms with E-state index in [9.17, 15) is 9.90 Å². The topological polar surface area (TPSA) is 72.3 Å². The van der Waals surface area contributed by atoms with Crippen LogP contribution in [0, 0.1) is 0 Å². The first-order valence-corrected chi connectivity index (χ1v) is 6.14. The van der Waals surface area contributed by atoms with E-state index >= 15 is 0 Å². The Kier molecular flexibility index (Phi) is 4.32. The number of benzene rings is 1. The number of nitrogens with zero attached hydrogens (tertiary/aromatic N) is 2. The quantitative estimate of drug-likeness (QED) is 0.690. The summed E-state index contributed by atoms with van der Waals surface area (Å²) in [4.78, 5) is 18.9. The highest BCUT2D eigenvalue weighted by molar-refractivity contribution is 6.29. The van der Waals surface area contributed by atoms with Crippen molar-refractivity contribution in [3.8, 4) is 11.6 Å². The zero-order valence-electron chi connectivity index (χ0n) is 10.6. The molecule has 2 rings (SSSR count). The highest BCUT2D eigenvalue weighted by atomic mass is 35.5. The Hall–Kier alpha value is -2.40. The zero-order valence-corrected chi connectivity index (χ0v) is 11.3. The van der Waals surface area contributed by atoms with Crippen molar-refractivity contribution in [2.24, 2.45) is 0 Å². The predicted octanol–water partition coefficient (Wildman–Crippen LogP) is 3.41. The first-order chi connectivity index (χ1) is 9.61. The number of hydrogen-bond acceptors (Lipinski definition) is 4. The summed E-state index contributed by atoms with van der Waals surface area (Å²) in [5.74, 6) is -0.389. The fourth-order valence-electron chi connectivity index (χ4n) is 1.66. The van der Waals surface area contributed by atoms with Gasteiger partial charge in [-0.2, -0.15) is 0 Å². The third-order valence-corrected chi connectivity index (χ3v) is 2.73. The van der Waals surface area contributed by atoms with Gasteiger partial charge in [0.1, 0.15) is 17.2 Å². The summed E-state index contributed by atoms with van der Waals surface area (Å²) in [6, 6.07) is 8.27. The third-order valence-electron chi connectivity index (χ3n) is 2.52. The fourth-order valence-corrected chi connectivity index (χ4v) is 1.80. The number of para-hydroxylation sites is 1. The number of allylic oxidation sites excluding steroid dienone is 1. The van der Waals surface area contributed by atoms with Crippen LogP contribution < -0.4 is 4.74 Å². The van der Waals surface area contributed by atoms with Crippen molar-refractivity contribution >= 4 is 23.1 Å². The average molecular weight is 291 g/mol. The lowest BCUT2D eigenvalue weighted by molar-refractivity contribution is -0.130. The Bertz CT molecular complexity index is 671. The minimum absolute atomic E-state index is 0.153. The Morgan fingerprint density at radius 2 is 2.10 bits per heavy atom. The Morgan fingerprint density at radius 1 is 1.35 bits per heavy atom. The molecule has 1 aromatic heterocycles. The maximum atomic E-state index is 11.2. The van der Waals surface area contributed by atoms with E-state index < -0.39 is 5.97 Å². The van der Waals surface area contributed by atoms with E-state index in [0.29, 0.717) is 11.3 Å². The van der Waals surface area contributed by atoms with Crippen LogP contribution in [0.2, 0.25) is 5.15 Å². The molecule has 5 nitrogen and oxygen atoms in total. The van der Waals surface area contributed by atoms with Crippen LogP contribution >= 0.6 is 11.6 Å². The normalized spacial score (nSPS) is 11.2. The average Bonchev–Trinajstić information content (AvgIpc) is 2.41. The van der Waals surface area contributed by atoms with Crippen molar-refractivity contribution in [1.82, 2.24) is 9.97 Å². The molecule has 0 aliphatic heterocycles. The van der Waals surface area contributed by atoms with E-state index in [4.69, 9.17) is 16.3 Å². The van der Waals surface area contributed by atoms with Crippen molar-refractivity contribution in [3.63, 3.8) is 0 Å². The highest BCUT2D eigenvalue weighted by Gasteiger charge is 2.15. The molecular weight excluding hydrogens is 280 g/mol. The van der Waals surface area contributed by atoms with Gasteiger partial charge in [-0.3, -0.25) is 0 Å². The Morgan fingerprint density at radius 3 is 2.75 bits per heavy atom. The zero-order chi connectivity index (χ0) is 14.5. The number of hydrogen-bond donors (Lipinski definition) is 1. The number of aliphatic carboxylic acids is 1. The molecule has 0 spiro atoms. The van der Waals surface area contributed by atoms with Crippen molar-refractivity contribution < 1.29 is 14.6 Å². The molecule has 0 saturated heterocycles. The maximum Gasteiger partial charge on any atom is 0.336 e. The first kappa shape index (κ1) is 14.0. The van der Waals surface area contributed by atoms with E-state index in [1.54, 1.807) is 31.2 Å². The maximum absolute atomic E-state index is 11.2. The molecule has 1 aromatic carbocycles. The third kappa shape index (κ3) is 3.13. The number of carboxylic acid groups (broad SMARTS) is 1. The SMILES string of the molecule is C/C=C(\C(=O)O)c1ccccc1Oc1cc(Cl)ncn1. The molecule has 0 aliphatic rings. The standard InChI is InChI=1S/C14H11ClN2O3/c1-2-9(14(18)19)10-5-3-4-6-11(10)20-13-7-12(15)16-8-17-13/h2-8H,1H3,(H,18,19)/b9-2-. The van der Waals surface area contributed by atoms with Gasteiger partial charge in [-0.15, -0.1) is 0 Å². The summed E-state index contributed by atoms with van der Waals surface area (Å²) in [5, 5.41) is 9.44. The summed E-state index contributed by atoms with van der Waals surface area (Å²) in [5.41, 5.74) is 0.623. The summed E-state index contributed by atoms with van der Waals surface area (Å²) in [7, 11) is 0. The van der Waals surface area contributed by atoms with Gasteiger partial charge in [0.05, 0.1) is 5.57 Å². The lowest BCUT2D eigenvalue weighted by Gasteiger charge is -2.10. The molecule has 1 N–H and O–H groups in total. The number of rotatable bonds is 4. The molecule has 6 heteroatoms. The Labute approximate surface area is 120 Å². The van der Waals surface area contributed by atoms with Crippen LogP contribution in [-0.4, -0.2) is 21.0 Å². The van der Waals surface area contributed by atoms with Gasteiger partial charge in [0.2, 0.25) is 5.88 Å². The number of halogens is 1. The van der Waals surface area contributed by atoms with Gasteiger partial charge in [0, 0.05) is 11.6 Å². The van der Waals surface area contributed by atoms with Gasteiger partial charge >= 0.3 is 5.97 Å². The summed E-state index contributed by atoms with van der Waals surface area (Å²) < 4.78 is 5.58. The van der Waals surface area contributed by atoms with Crippen LogP contribution in [0.15, 0.2) is 42.7 Å². The summed E-state index contributed by atoms with van der Waals surface area (Å²) in [6.45, 7) is 1.65. The molecule has 0 atom stereocenters. The first-order valence-electron chi connectivity index (χ1n) is 5.76. The van der Waals surface area contributed by atoms with E-state index in [2.05, 4.69) is 9.97 Å². The monoisotopic (exact) mass is 290 g/mol. The molecule has 0 unspecified atom stereocenters. The van der Waals surface area contributed by atoms with Gasteiger partial charge < -0.3 is 9.84 Å². The molecule has 102 valence electrons. The van der Waals surface area contributed by atoms with Crippen molar-refractivity contribution in [2.75, 3.05) is 0 Å². The number of carbonyl (C=O) groups is 1. The molecule has 0 aliphatic carbocycles. The second-order valence-electron chi connectivity index (χ2n) is 3.78. The van der Waals surface area contributed by atoms with Crippen LogP contribution in [-0.2, 0) is 4.79 Å². The minimum Gasteiger partial charge on any atom is -0.478 e. The lowest BCUT2D eigenvalue weighted by Crippen LogP contribution is -2.01. The lowest BCUT2D eigenvalue weighted by atomic mass is 10.0. The molecule has 0 fully saturated rings.